The number of halogens is 2. The average Bonchev–Trinajstić information content (AvgIpc) is 2.60. The van der Waals surface area contributed by atoms with E-state index in [1.807, 2.05) is 6.92 Å². The molecule has 0 fully saturated rings. The summed E-state index contributed by atoms with van der Waals surface area (Å²) in [5.41, 5.74) is 1.17. The van der Waals surface area contributed by atoms with Gasteiger partial charge in [-0.2, -0.15) is 0 Å². The number of rotatable bonds is 5. The van der Waals surface area contributed by atoms with Crippen LogP contribution in [0.4, 0.5) is 10.5 Å². The van der Waals surface area contributed by atoms with Gasteiger partial charge in [-0.3, -0.25) is 0 Å². The summed E-state index contributed by atoms with van der Waals surface area (Å²) < 4.78 is 24.0. The number of nitrogens with one attached hydrogen (secondary N) is 1. The Kier molecular flexibility index (Phi) is 6.55. The van der Waals surface area contributed by atoms with Crippen LogP contribution in [0.3, 0.4) is 0 Å². The quantitative estimate of drug-likeness (QED) is 0.747. The van der Waals surface area contributed by atoms with Gasteiger partial charge in [0.05, 0.1) is 16.7 Å². The van der Waals surface area contributed by atoms with Gasteiger partial charge in [-0.1, -0.05) is 42.3 Å². The molecule has 2 amide bonds. The van der Waals surface area contributed by atoms with Crippen molar-refractivity contribution in [3.63, 3.8) is 0 Å². The Morgan fingerprint density at radius 3 is 2.50 bits per heavy atom. The predicted octanol–water partition coefficient (Wildman–Crippen LogP) is 5.01. The van der Waals surface area contributed by atoms with Gasteiger partial charge < -0.3 is 10.2 Å². The molecule has 2 aromatic rings. The Hall–Kier alpha value is -1.76. The molecule has 2 aromatic carbocycles. The van der Waals surface area contributed by atoms with Crippen molar-refractivity contribution in [3.8, 4) is 0 Å². The fourth-order valence-corrected chi connectivity index (χ4v) is 3.86. The third-order valence-corrected chi connectivity index (χ3v) is 6.43. The van der Waals surface area contributed by atoms with E-state index in [0.29, 0.717) is 15.7 Å². The molecule has 140 valence electrons. The first-order valence-corrected chi connectivity index (χ1v) is 10.4. The Morgan fingerprint density at radius 1 is 1.19 bits per heavy atom. The van der Waals surface area contributed by atoms with Crippen LogP contribution in [-0.2, 0) is 9.84 Å². The summed E-state index contributed by atoms with van der Waals surface area (Å²) in [5, 5.41) is 3.71. The van der Waals surface area contributed by atoms with Crippen LogP contribution in [0, 0.1) is 0 Å². The van der Waals surface area contributed by atoms with Gasteiger partial charge in [-0.25, -0.2) is 13.2 Å². The van der Waals surface area contributed by atoms with Crippen molar-refractivity contribution in [2.75, 3.05) is 18.1 Å². The summed E-state index contributed by atoms with van der Waals surface area (Å²) in [6.07, 6.45) is 0. The number of hydrogen-bond donors (Lipinski definition) is 1. The van der Waals surface area contributed by atoms with Crippen molar-refractivity contribution in [3.05, 3.63) is 58.1 Å². The van der Waals surface area contributed by atoms with E-state index in [1.54, 1.807) is 44.3 Å². The number of hydrogen-bond acceptors (Lipinski definition) is 3. The number of carbonyl (C=O) groups excluding carboxylic acids is 1. The van der Waals surface area contributed by atoms with Crippen molar-refractivity contribution in [1.29, 1.82) is 0 Å². The summed E-state index contributed by atoms with van der Waals surface area (Å²) in [6.45, 7) is 3.42. The van der Waals surface area contributed by atoms with Gasteiger partial charge >= 0.3 is 6.03 Å². The molecule has 8 heteroatoms. The van der Waals surface area contributed by atoms with E-state index < -0.39 is 9.84 Å². The minimum absolute atomic E-state index is 0.00357. The molecule has 5 nitrogen and oxygen atoms in total. The SMILES string of the molecule is CCS(=O)(=O)c1cccc(NC(=O)N(C)C(C)c2ccc(Cl)cc2Cl)c1. The zero-order valence-electron chi connectivity index (χ0n) is 14.7. The number of amides is 2. The summed E-state index contributed by atoms with van der Waals surface area (Å²) in [6, 6.07) is 10.6. The summed E-state index contributed by atoms with van der Waals surface area (Å²) >= 11 is 12.1. The molecule has 2 rings (SSSR count). The molecule has 26 heavy (non-hydrogen) atoms. The van der Waals surface area contributed by atoms with Gasteiger partial charge in [0, 0.05) is 22.8 Å². The van der Waals surface area contributed by atoms with Gasteiger partial charge in [0.1, 0.15) is 0 Å². The number of urea groups is 1. The Bertz CT molecular complexity index is 916. The molecule has 0 heterocycles. The highest BCUT2D eigenvalue weighted by Gasteiger charge is 2.20. The molecule has 0 radical (unpaired) electrons. The molecule has 0 aliphatic rings. The zero-order chi connectivity index (χ0) is 19.5. The maximum Gasteiger partial charge on any atom is 0.322 e. The standard InChI is InChI=1S/C18H20Cl2N2O3S/c1-4-26(24,25)15-7-5-6-14(11-15)21-18(23)22(3)12(2)16-9-8-13(19)10-17(16)20/h5-12H,4H2,1-3H3,(H,21,23). The summed E-state index contributed by atoms with van der Waals surface area (Å²) in [7, 11) is -1.70. The predicted molar refractivity (Wildman–Crippen MR) is 106 cm³/mol. The fraction of sp³-hybridized carbons (Fsp3) is 0.278. The van der Waals surface area contributed by atoms with E-state index in [2.05, 4.69) is 5.32 Å². The van der Waals surface area contributed by atoms with E-state index in [9.17, 15) is 13.2 Å². The molecule has 1 unspecified atom stereocenters. The largest absolute Gasteiger partial charge is 0.322 e. The first-order chi connectivity index (χ1) is 12.2. The van der Waals surface area contributed by atoms with Crippen molar-refractivity contribution >= 4 is 44.8 Å². The lowest BCUT2D eigenvalue weighted by molar-refractivity contribution is 0.208. The van der Waals surface area contributed by atoms with E-state index in [-0.39, 0.29) is 22.7 Å². The zero-order valence-corrected chi connectivity index (χ0v) is 17.0. The minimum Gasteiger partial charge on any atom is -0.321 e. The van der Waals surface area contributed by atoms with Gasteiger partial charge in [0.25, 0.3) is 0 Å². The van der Waals surface area contributed by atoms with Crippen molar-refractivity contribution in [2.45, 2.75) is 24.8 Å². The van der Waals surface area contributed by atoms with Crippen molar-refractivity contribution < 1.29 is 13.2 Å². The molecule has 0 aromatic heterocycles. The minimum atomic E-state index is -3.34. The Labute approximate surface area is 163 Å². The van der Waals surface area contributed by atoms with Gasteiger partial charge in [0.2, 0.25) is 0 Å². The van der Waals surface area contributed by atoms with Gasteiger partial charge in [-0.05, 0) is 42.8 Å². The van der Waals surface area contributed by atoms with Crippen LogP contribution in [-0.4, -0.2) is 32.1 Å². The van der Waals surface area contributed by atoms with Crippen molar-refractivity contribution in [2.24, 2.45) is 0 Å². The lowest BCUT2D eigenvalue weighted by atomic mass is 10.1. The highest BCUT2D eigenvalue weighted by Crippen LogP contribution is 2.29. The van der Waals surface area contributed by atoms with Crippen molar-refractivity contribution in [1.82, 2.24) is 4.90 Å². The maximum absolute atomic E-state index is 12.5. The van der Waals surface area contributed by atoms with E-state index in [0.717, 1.165) is 5.56 Å². The fourth-order valence-electron chi connectivity index (χ4n) is 2.37. The summed E-state index contributed by atoms with van der Waals surface area (Å²) in [4.78, 5) is 14.2. The number of anilines is 1. The second kappa shape index (κ2) is 8.29. The monoisotopic (exact) mass is 414 g/mol. The normalized spacial score (nSPS) is 12.5. The topological polar surface area (TPSA) is 66.5 Å². The van der Waals surface area contributed by atoms with Crippen LogP contribution in [0.2, 0.25) is 10.0 Å². The third-order valence-electron chi connectivity index (χ3n) is 4.14. The highest BCUT2D eigenvalue weighted by molar-refractivity contribution is 7.91. The average molecular weight is 415 g/mol. The third kappa shape index (κ3) is 4.69. The van der Waals surface area contributed by atoms with Crippen LogP contribution in [0.1, 0.15) is 25.5 Å². The molecular formula is C18H20Cl2N2O3S. The first kappa shape index (κ1) is 20.6. The molecule has 0 aliphatic heterocycles. The maximum atomic E-state index is 12.5. The molecule has 0 saturated heterocycles. The Balaban J connectivity index is 2.18. The smallest absolute Gasteiger partial charge is 0.321 e. The molecule has 0 saturated carbocycles. The number of nitrogens with zero attached hydrogens (tertiary/aromatic N) is 1. The number of sulfone groups is 1. The number of carbonyl (C=O) groups is 1. The molecule has 1 N–H and O–H groups in total. The highest BCUT2D eigenvalue weighted by atomic mass is 35.5. The Morgan fingerprint density at radius 2 is 1.88 bits per heavy atom. The summed E-state index contributed by atoms with van der Waals surface area (Å²) in [5.74, 6) is -0.00357. The van der Waals surface area contributed by atoms with E-state index in [1.165, 1.54) is 17.0 Å². The molecule has 0 bridgehead atoms. The molecular weight excluding hydrogens is 395 g/mol. The molecule has 0 aliphatic carbocycles. The van der Waals surface area contributed by atoms with Crippen LogP contribution >= 0.6 is 23.2 Å². The second-order valence-electron chi connectivity index (χ2n) is 5.81. The molecule has 1 atom stereocenters. The van der Waals surface area contributed by atoms with Crippen LogP contribution < -0.4 is 5.32 Å². The second-order valence-corrected chi connectivity index (χ2v) is 8.94. The van der Waals surface area contributed by atoms with Crippen LogP contribution in [0.15, 0.2) is 47.4 Å². The number of benzene rings is 2. The first-order valence-electron chi connectivity index (χ1n) is 7.97. The lowest BCUT2D eigenvalue weighted by Gasteiger charge is -2.26. The van der Waals surface area contributed by atoms with Crippen LogP contribution in [0.5, 0.6) is 0 Å². The van der Waals surface area contributed by atoms with E-state index >= 15 is 0 Å². The van der Waals surface area contributed by atoms with Gasteiger partial charge in [-0.15, -0.1) is 0 Å². The lowest BCUT2D eigenvalue weighted by Crippen LogP contribution is -2.33. The van der Waals surface area contributed by atoms with E-state index in [4.69, 9.17) is 23.2 Å². The van der Waals surface area contributed by atoms with Crippen LogP contribution in [0.25, 0.3) is 0 Å². The molecule has 0 spiro atoms. The van der Waals surface area contributed by atoms with Gasteiger partial charge in [0.15, 0.2) is 9.84 Å².